The summed E-state index contributed by atoms with van der Waals surface area (Å²) in [5.74, 6) is 0.875. The summed E-state index contributed by atoms with van der Waals surface area (Å²) < 4.78 is 5.19. The summed E-state index contributed by atoms with van der Waals surface area (Å²) in [5.41, 5.74) is 3.70. The number of benzene rings is 2. The van der Waals surface area contributed by atoms with Gasteiger partial charge in [0, 0.05) is 18.3 Å². The summed E-state index contributed by atoms with van der Waals surface area (Å²) in [6.07, 6.45) is 0. The number of hydrogen-bond acceptors (Lipinski definition) is 2. The van der Waals surface area contributed by atoms with Crippen LogP contribution >= 0.6 is 0 Å². The third kappa shape index (κ3) is 3.00. The average Bonchev–Trinajstić information content (AvgIpc) is 2.38. The highest BCUT2D eigenvalue weighted by molar-refractivity contribution is 5.48. The number of anilines is 1. The largest absolute Gasteiger partial charge is 0.497 e. The van der Waals surface area contributed by atoms with Crippen molar-refractivity contribution in [3.8, 4) is 5.75 Å². The molecule has 0 fully saturated rings. The molecule has 0 aliphatic heterocycles. The van der Waals surface area contributed by atoms with Crippen molar-refractivity contribution in [1.82, 2.24) is 0 Å². The molecule has 0 unspecified atom stereocenters. The van der Waals surface area contributed by atoms with Gasteiger partial charge in [0.25, 0.3) is 0 Å². The lowest BCUT2D eigenvalue weighted by molar-refractivity contribution is 0.415. The number of rotatable bonds is 4. The fraction of sp³-hybridized carbons (Fsp3) is 0.200. The molecule has 0 aliphatic rings. The van der Waals surface area contributed by atoms with E-state index in [-0.39, 0.29) is 0 Å². The summed E-state index contributed by atoms with van der Waals surface area (Å²) in [6, 6.07) is 16.4. The molecule has 0 saturated carbocycles. The van der Waals surface area contributed by atoms with Gasteiger partial charge in [-0.2, -0.15) is 0 Å². The summed E-state index contributed by atoms with van der Waals surface area (Å²) in [5, 5.41) is 3.40. The number of hydrogen-bond donors (Lipinski definition) is 1. The van der Waals surface area contributed by atoms with E-state index in [1.807, 2.05) is 24.3 Å². The number of ether oxygens (including phenoxy) is 1. The van der Waals surface area contributed by atoms with Crippen molar-refractivity contribution in [3.05, 3.63) is 59.7 Å². The van der Waals surface area contributed by atoms with E-state index >= 15 is 0 Å². The van der Waals surface area contributed by atoms with Crippen LogP contribution in [0.2, 0.25) is 0 Å². The molecule has 2 heteroatoms. The fourth-order valence-corrected chi connectivity index (χ4v) is 1.74. The lowest BCUT2D eigenvalue weighted by Gasteiger charge is -2.09. The second-order valence-corrected chi connectivity index (χ2v) is 4.01. The first-order chi connectivity index (χ1) is 8.29. The van der Waals surface area contributed by atoms with Crippen LogP contribution in [-0.4, -0.2) is 7.11 Å². The summed E-state index contributed by atoms with van der Waals surface area (Å²) in [7, 11) is 1.68. The molecule has 2 rings (SSSR count). The maximum absolute atomic E-state index is 5.19. The lowest BCUT2D eigenvalue weighted by atomic mass is 10.1. The maximum atomic E-state index is 5.19. The molecule has 0 saturated heterocycles. The zero-order valence-electron chi connectivity index (χ0n) is 10.2. The van der Waals surface area contributed by atoms with Crippen molar-refractivity contribution in [3.63, 3.8) is 0 Å². The maximum Gasteiger partial charge on any atom is 0.120 e. The fourth-order valence-electron chi connectivity index (χ4n) is 1.74. The third-order valence-corrected chi connectivity index (χ3v) is 2.81. The van der Waals surface area contributed by atoms with Gasteiger partial charge in [-0.25, -0.2) is 0 Å². The van der Waals surface area contributed by atoms with Gasteiger partial charge in [0.1, 0.15) is 5.75 Å². The van der Waals surface area contributed by atoms with Crippen LogP contribution in [0.25, 0.3) is 0 Å². The van der Waals surface area contributed by atoms with Crippen molar-refractivity contribution in [2.24, 2.45) is 0 Å². The molecule has 0 radical (unpaired) electrons. The van der Waals surface area contributed by atoms with Crippen molar-refractivity contribution >= 4 is 5.69 Å². The number of aryl methyl sites for hydroxylation is 1. The Morgan fingerprint density at radius 3 is 2.65 bits per heavy atom. The smallest absolute Gasteiger partial charge is 0.120 e. The Labute approximate surface area is 102 Å². The van der Waals surface area contributed by atoms with Crippen molar-refractivity contribution < 1.29 is 4.74 Å². The Balaban J connectivity index is 2.05. The van der Waals surface area contributed by atoms with Crippen LogP contribution in [0.3, 0.4) is 0 Å². The lowest BCUT2D eigenvalue weighted by Crippen LogP contribution is -2.01. The van der Waals surface area contributed by atoms with Crippen molar-refractivity contribution in [1.29, 1.82) is 0 Å². The molecule has 0 atom stereocenters. The summed E-state index contributed by atoms with van der Waals surface area (Å²) >= 11 is 0. The normalized spacial score (nSPS) is 10.0. The van der Waals surface area contributed by atoms with Gasteiger partial charge < -0.3 is 10.1 Å². The minimum absolute atomic E-state index is 0.833. The molecule has 0 heterocycles. The van der Waals surface area contributed by atoms with E-state index in [1.54, 1.807) is 7.11 Å². The Kier molecular flexibility index (Phi) is 3.66. The quantitative estimate of drug-likeness (QED) is 0.861. The Morgan fingerprint density at radius 1 is 1.06 bits per heavy atom. The van der Waals surface area contributed by atoms with Crippen LogP contribution in [0.4, 0.5) is 5.69 Å². The number of nitrogens with one attached hydrogen (secondary N) is 1. The molecule has 2 nitrogen and oxygen atoms in total. The molecule has 0 amide bonds. The molecule has 1 N–H and O–H groups in total. The first-order valence-corrected chi connectivity index (χ1v) is 5.72. The SMILES string of the molecule is COc1cccc(NCc2ccccc2C)c1. The molecule has 17 heavy (non-hydrogen) atoms. The molecular weight excluding hydrogens is 210 g/mol. The molecule has 2 aromatic carbocycles. The minimum atomic E-state index is 0.833. The van der Waals surface area contributed by atoms with Gasteiger partial charge >= 0.3 is 0 Å². The zero-order valence-corrected chi connectivity index (χ0v) is 10.2. The van der Waals surface area contributed by atoms with Gasteiger partial charge in [0.2, 0.25) is 0 Å². The van der Waals surface area contributed by atoms with E-state index in [0.717, 1.165) is 18.0 Å². The van der Waals surface area contributed by atoms with E-state index in [1.165, 1.54) is 11.1 Å². The van der Waals surface area contributed by atoms with E-state index < -0.39 is 0 Å². The Hall–Kier alpha value is -1.96. The Bertz CT molecular complexity index is 494. The predicted octanol–water partition coefficient (Wildman–Crippen LogP) is 3.62. The van der Waals surface area contributed by atoms with Crippen molar-refractivity contribution in [2.75, 3.05) is 12.4 Å². The van der Waals surface area contributed by atoms with Crippen molar-refractivity contribution in [2.45, 2.75) is 13.5 Å². The average molecular weight is 227 g/mol. The van der Waals surface area contributed by atoms with E-state index in [2.05, 4.69) is 36.5 Å². The van der Waals surface area contributed by atoms with Gasteiger partial charge in [0.15, 0.2) is 0 Å². The van der Waals surface area contributed by atoms with Crippen LogP contribution in [0.15, 0.2) is 48.5 Å². The first kappa shape index (κ1) is 11.5. The van der Waals surface area contributed by atoms with Crippen LogP contribution in [0.5, 0.6) is 5.75 Å². The second kappa shape index (κ2) is 5.39. The van der Waals surface area contributed by atoms with E-state index in [0.29, 0.717) is 0 Å². The monoisotopic (exact) mass is 227 g/mol. The van der Waals surface area contributed by atoms with Gasteiger partial charge in [0.05, 0.1) is 7.11 Å². The van der Waals surface area contributed by atoms with Crippen LogP contribution in [-0.2, 0) is 6.54 Å². The zero-order chi connectivity index (χ0) is 12.1. The molecule has 0 spiro atoms. The highest BCUT2D eigenvalue weighted by Crippen LogP contribution is 2.18. The van der Waals surface area contributed by atoms with Crippen LogP contribution < -0.4 is 10.1 Å². The number of methoxy groups -OCH3 is 1. The molecular formula is C15H17NO. The van der Waals surface area contributed by atoms with Gasteiger partial charge in [-0.1, -0.05) is 30.3 Å². The Morgan fingerprint density at radius 2 is 1.88 bits per heavy atom. The van der Waals surface area contributed by atoms with Crippen LogP contribution in [0.1, 0.15) is 11.1 Å². The molecule has 0 bridgehead atoms. The summed E-state index contributed by atoms with van der Waals surface area (Å²) in [6.45, 7) is 2.96. The predicted molar refractivity (Wildman–Crippen MR) is 71.5 cm³/mol. The van der Waals surface area contributed by atoms with Crippen LogP contribution in [0, 0.1) is 6.92 Å². The third-order valence-electron chi connectivity index (χ3n) is 2.81. The summed E-state index contributed by atoms with van der Waals surface area (Å²) in [4.78, 5) is 0. The first-order valence-electron chi connectivity index (χ1n) is 5.72. The van der Waals surface area contributed by atoms with E-state index in [9.17, 15) is 0 Å². The van der Waals surface area contributed by atoms with Gasteiger partial charge in [-0.3, -0.25) is 0 Å². The molecule has 0 aliphatic carbocycles. The molecule has 0 aromatic heterocycles. The highest BCUT2D eigenvalue weighted by Gasteiger charge is 1.98. The topological polar surface area (TPSA) is 21.3 Å². The minimum Gasteiger partial charge on any atom is -0.497 e. The van der Waals surface area contributed by atoms with Gasteiger partial charge in [-0.15, -0.1) is 0 Å². The second-order valence-electron chi connectivity index (χ2n) is 4.01. The van der Waals surface area contributed by atoms with E-state index in [4.69, 9.17) is 4.74 Å². The molecule has 88 valence electrons. The van der Waals surface area contributed by atoms with Gasteiger partial charge in [-0.05, 0) is 30.2 Å². The standard InChI is InChI=1S/C15H17NO/c1-12-6-3-4-7-13(12)11-16-14-8-5-9-15(10-14)17-2/h3-10,16H,11H2,1-2H3. The molecule has 2 aromatic rings. The highest BCUT2D eigenvalue weighted by atomic mass is 16.5.